The molecular weight excluding hydrogens is 339 g/mol. The maximum Gasteiger partial charge on any atom is 0.123 e. The van der Waals surface area contributed by atoms with E-state index in [1.165, 1.54) is 11.3 Å². The topological polar surface area (TPSA) is 46.0 Å². The first-order chi connectivity index (χ1) is 10.5. The highest BCUT2D eigenvalue weighted by Gasteiger charge is 2.28. The van der Waals surface area contributed by atoms with Crippen LogP contribution in [0.5, 0.6) is 0 Å². The third-order valence-electron chi connectivity index (χ3n) is 3.39. The Morgan fingerprint density at radius 3 is 2.50 bits per heavy atom. The molecule has 0 aliphatic heterocycles. The van der Waals surface area contributed by atoms with Gasteiger partial charge >= 0.3 is 0 Å². The minimum Gasteiger partial charge on any atom is -0.380 e. The van der Waals surface area contributed by atoms with Gasteiger partial charge in [-0.25, -0.2) is 4.98 Å². The van der Waals surface area contributed by atoms with Gasteiger partial charge in [-0.05, 0) is 36.8 Å². The maximum atomic E-state index is 10.8. The summed E-state index contributed by atoms with van der Waals surface area (Å²) in [5.41, 5.74) is 0.526. The molecule has 1 unspecified atom stereocenters. The van der Waals surface area contributed by atoms with Crippen LogP contribution in [0.2, 0.25) is 10.0 Å². The largest absolute Gasteiger partial charge is 0.380 e. The van der Waals surface area contributed by atoms with Crippen LogP contribution < -0.4 is 0 Å². The number of benzene rings is 1. The van der Waals surface area contributed by atoms with E-state index in [0.29, 0.717) is 10.0 Å². The standard InChI is InChI=1S/C16H12Cl2N2OS/c1-16(21,11-4-6-19-7-5-11)14-9-20-15(22-14)10-2-3-12(17)13(18)8-10/h2-9,21H,1H3. The van der Waals surface area contributed by atoms with Crippen LogP contribution in [-0.2, 0) is 5.60 Å². The highest BCUT2D eigenvalue weighted by Crippen LogP contribution is 2.37. The van der Waals surface area contributed by atoms with Gasteiger partial charge in [0.05, 0.1) is 14.9 Å². The lowest BCUT2D eigenvalue weighted by molar-refractivity contribution is 0.106. The fourth-order valence-electron chi connectivity index (χ4n) is 2.08. The summed E-state index contributed by atoms with van der Waals surface area (Å²) in [5, 5.41) is 12.6. The lowest BCUT2D eigenvalue weighted by atomic mass is 9.96. The molecule has 0 spiro atoms. The second-order valence-corrected chi connectivity index (χ2v) is 6.81. The first-order valence-electron chi connectivity index (χ1n) is 6.53. The summed E-state index contributed by atoms with van der Waals surface area (Å²) in [6.07, 6.45) is 5.00. The predicted molar refractivity (Wildman–Crippen MR) is 90.5 cm³/mol. The van der Waals surface area contributed by atoms with Gasteiger partial charge in [0, 0.05) is 24.2 Å². The number of halogens is 2. The molecule has 3 nitrogen and oxygen atoms in total. The van der Waals surface area contributed by atoms with Crippen molar-refractivity contribution in [2.24, 2.45) is 0 Å². The molecule has 0 aliphatic carbocycles. The first-order valence-corrected chi connectivity index (χ1v) is 8.10. The lowest BCUT2D eigenvalue weighted by Gasteiger charge is -2.21. The van der Waals surface area contributed by atoms with Gasteiger partial charge in [-0.3, -0.25) is 4.98 Å². The fourth-order valence-corrected chi connectivity index (χ4v) is 3.36. The molecule has 0 bridgehead atoms. The molecule has 1 N–H and O–H groups in total. The Morgan fingerprint density at radius 2 is 1.82 bits per heavy atom. The van der Waals surface area contributed by atoms with E-state index < -0.39 is 5.60 Å². The van der Waals surface area contributed by atoms with Gasteiger partial charge in [0.1, 0.15) is 10.6 Å². The van der Waals surface area contributed by atoms with Gasteiger partial charge < -0.3 is 5.11 Å². The number of thiazole rings is 1. The summed E-state index contributed by atoms with van der Waals surface area (Å²) < 4.78 is 0. The van der Waals surface area contributed by atoms with Crippen molar-refractivity contribution >= 4 is 34.5 Å². The minimum absolute atomic E-state index is 0.483. The Labute approximate surface area is 142 Å². The van der Waals surface area contributed by atoms with Crippen molar-refractivity contribution in [3.63, 3.8) is 0 Å². The van der Waals surface area contributed by atoms with Crippen LogP contribution in [0.1, 0.15) is 17.4 Å². The van der Waals surface area contributed by atoms with E-state index in [0.717, 1.165) is 21.0 Å². The molecule has 0 radical (unpaired) electrons. The molecule has 0 aliphatic rings. The predicted octanol–water partition coefficient (Wildman–Crippen LogP) is 4.77. The summed E-state index contributed by atoms with van der Waals surface area (Å²) in [6.45, 7) is 1.74. The molecule has 0 fully saturated rings. The average molecular weight is 351 g/mol. The highest BCUT2D eigenvalue weighted by molar-refractivity contribution is 7.15. The molecule has 3 rings (SSSR count). The monoisotopic (exact) mass is 350 g/mol. The Kier molecular flexibility index (Phi) is 4.19. The highest BCUT2D eigenvalue weighted by atomic mass is 35.5. The molecule has 1 aromatic carbocycles. The number of hydrogen-bond donors (Lipinski definition) is 1. The van der Waals surface area contributed by atoms with Gasteiger partial charge in [-0.1, -0.05) is 29.3 Å². The number of aromatic nitrogens is 2. The Balaban J connectivity index is 1.98. The number of rotatable bonds is 3. The van der Waals surface area contributed by atoms with Crippen molar-refractivity contribution in [3.05, 3.63) is 69.4 Å². The minimum atomic E-state index is -1.12. The second-order valence-electron chi connectivity index (χ2n) is 4.97. The number of pyridine rings is 1. The smallest absolute Gasteiger partial charge is 0.123 e. The third-order valence-corrected chi connectivity index (χ3v) is 5.39. The van der Waals surface area contributed by atoms with Crippen molar-refractivity contribution in [2.45, 2.75) is 12.5 Å². The summed E-state index contributed by atoms with van der Waals surface area (Å²) >= 11 is 13.4. The average Bonchev–Trinajstić information content (AvgIpc) is 3.01. The van der Waals surface area contributed by atoms with Gasteiger partial charge in [-0.2, -0.15) is 0 Å². The number of nitrogens with zero attached hydrogens (tertiary/aromatic N) is 2. The first kappa shape index (κ1) is 15.4. The van der Waals surface area contributed by atoms with E-state index in [9.17, 15) is 5.11 Å². The zero-order valence-corrected chi connectivity index (χ0v) is 14.0. The van der Waals surface area contributed by atoms with Crippen molar-refractivity contribution in [2.75, 3.05) is 0 Å². The summed E-state index contributed by atoms with van der Waals surface area (Å²) in [7, 11) is 0. The van der Waals surface area contributed by atoms with Gasteiger partial charge in [0.2, 0.25) is 0 Å². The van der Waals surface area contributed by atoms with Gasteiger partial charge in [0.15, 0.2) is 0 Å². The van der Waals surface area contributed by atoms with E-state index in [1.54, 1.807) is 49.8 Å². The van der Waals surface area contributed by atoms with Gasteiger partial charge in [-0.15, -0.1) is 11.3 Å². The van der Waals surface area contributed by atoms with E-state index >= 15 is 0 Å². The second kappa shape index (κ2) is 5.97. The summed E-state index contributed by atoms with van der Waals surface area (Å²) in [5.74, 6) is 0. The van der Waals surface area contributed by atoms with E-state index in [-0.39, 0.29) is 0 Å². The summed E-state index contributed by atoms with van der Waals surface area (Å²) in [4.78, 5) is 9.11. The molecule has 2 aromatic heterocycles. The normalized spacial score (nSPS) is 13.8. The van der Waals surface area contributed by atoms with Crippen LogP contribution in [0.15, 0.2) is 48.9 Å². The number of aliphatic hydroxyl groups is 1. The van der Waals surface area contributed by atoms with Crippen LogP contribution in [0.4, 0.5) is 0 Å². The van der Waals surface area contributed by atoms with Crippen molar-refractivity contribution < 1.29 is 5.11 Å². The van der Waals surface area contributed by atoms with Crippen LogP contribution in [0, 0.1) is 0 Å². The zero-order chi connectivity index (χ0) is 15.7. The quantitative estimate of drug-likeness (QED) is 0.739. The maximum absolute atomic E-state index is 10.8. The zero-order valence-electron chi connectivity index (χ0n) is 11.6. The Bertz CT molecular complexity index is 803. The van der Waals surface area contributed by atoms with E-state index in [1.807, 2.05) is 6.07 Å². The van der Waals surface area contributed by atoms with Crippen molar-refractivity contribution in [3.8, 4) is 10.6 Å². The van der Waals surface area contributed by atoms with Crippen molar-refractivity contribution in [1.82, 2.24) is 9.97 Å². The van der Waals surface area contributed by atoms with Crippen LogP contribution in [0.25, 0.3) is 10.6 Å². The van der Waals surface area contributed by atoms with Crippen LogP contribution in [-0.4, -0.2) is 15.1 Å². The summed E-state index contributed by atoms with van der Waals surface area (Å²) in [6, 6.07) is 8.95. The Morgan fingerprint density at radius 1 is 1.09 bits per heavy atom. The molecule has 2 heterocycles. The van der Waals surface area contributed by atoms with Gasteiger partial charge in [0.25, 0.3) is 0 Å². The molecule has 0 amide bonds. The molecule has 6 heteroatoms. The lowest BCUT2D eigenvalue weighted by Crippen LogP contribution is -2.21. The molecule has 0 saturated carbocycles. The van der Waals surface area contributed by atoms with E-state index in [2.05, 4.69) is 9.97 Å². The SMILES string of the molecule is CC(O)(c1ccncc1)c1cnc(-c2ccc(Cl)c(Cl)c2)s1. The van der Waals surface area contributed by atoms with Crippen molar-refractivity contribution in [1.29, 1.82) is 0 Å². The van der Waals surface area contributed by atoms with Crippen LogP contribution in [0.3, 0.4) is 0 Å². The fraction of sp³-hybridized carbons (Fsp3) is 0.125. The molecule has 3 aromatic rings. The molecule has 0 saturated heterocycles. The van der Waals surface area contributed by atoms with Crippen LogP contribution >= 0.6 is 34.5 Å². The Hall–Kier alpha value is -1.46. The molecule has 1 atom stereocenters. The third kappa shape index (κ3) is 2.88. The molecule has 112 valence electrons. The number of hydrogen-bond acceptors (Lipinski definition) is 4. The molecular formula is C16H12Cl2N2OS. The van der Waals surface area contributed by atoms with E-state index in [4.69, 9.17) is 23.2 Å². The molecule has 22 heavy (non-hydrogen) atoms.